The molecule has 4 aliphatic heterocycles. The number of imide groups is 1. The number of nitrogens with zero attached hydrogens (tertiary/aromatic N) is 5. The molecule has 9 rings (SSSR count). The zero-order valence-electron chi connectivity index (χ0n) is 51.3. The maximum atomic E-state index is 11.2. The summed E-state index contributed by atoms with van der Waals surface area (Å²) in [5, 5.41) is 36.7. The van der Waals surface area contributed by atoms with Gasteiger partial charge in [-0.2, -0.15) is 0 Å². The summed E-state index contributed by atoms with van der Waals surface area (Å²) in [5.74, 6) is -3.16. The summed E-state index contributed by atoms with van der Waals surface area (Å²) >= 11 is 13.1. The van der Waals surface area contributed by atoms with Crippen molar-refractivity contribution in [3.8, 4) is 0 Å². The summed E-state index contributed by atoms with van der Waals surface area (Å²) in [7, 11) is -1.67. The summed E-state index contributed by atoms with van der Waals surface area (Å²) in [6.07, 6.45) is 10.6. The molecule has 2 saturated carbocycles. The Morgan fingerprint density at radius 2 is 0.860 bits per heavy atom. The number of hydrogen-bond acceptors (Lipinski definition) is 13. The molecule has 0 radical (unpaired) electrons. The highest BCUT2D eigenvalue weighted by atomic mass is 79.9. The monoisotopic (exact) mass is 1440 g/mol. The zero-order chi connectivity index (χ0) is 64.6. The highest BCUT2D eigenvalue weighted by molar-refractivity contribution is 9.24. The number of benzene rings is 3. The average molecular weight is 1450 g/mol. The number of carboxylic acids is 3. The summed E-state index contributed by atoms with van der Waals surface area (Å²) < 4.78 is 36.8. The third kappa shape index (κ3) is 17.5. The van der Waals surface area contributed by atoms with Crippen molar-refractivity contribution in [3.05, 3.63) is 111 Å². The fraction of sp³-hybridized carbons (Fsp3) is 0.583. The minimum atomic E-state index is -0.972. The first-order valence-corrected chi connectivity index (χ1v) is 32.2. The molecule has 3 aromatic rings. The average Bonchev–Trinajstić information content (AvgIpc) is 3.24. The predicted molar refractivity (Wildman–Crippen MR) is 345 cm³/mol. The van der Waals surface area contributed by atoms with E-state index in [-0.39, 0.29) is 32.2 Å². The second kappa shape index (κ2) is 29.1. The van der Waals surface area contributed by atoms with Crippen LogP contribution in [0, 0.1) is 20.1 Å². The van der Waals surface area contributed by atoms with Crippen molar-refractivity contribution < 1.29 is 67.2 Å². The molecule has 26 heteroatoms. The normalized spacial score (nSPS) is 21.5. The molecular weight excluding hydrogens is 1370 g/mol. The van der Waals surface area contributed by atoms with Crippen molar-refractivity contribution in [1.82, 2.24) is 3.93 Å². The maximum absolute atomic E-state index is 11.2. The third-order valence-corrected chi connectivity index (χ3v) is 19.7. The van der Waals surface area contributed by atoms with Gasteiger partial charge in [0.05, 0.1) is 70.2 Å². The first-order valence-electron chi connectivity index (χ1n) is 28.5. The van der Waals surface area contributed by atoms with Gasteiger partial charge in [-0.3, -0.25) is 19.3 Å². The zero-order valence-corrected chi connectivity index (χ0v) is 57.6. The number of rotatable bonds is 10. The molecule has 0 spiro atoms. The Bertz CT molecular complexity index is 3000. The molecule has 0 aromatic heterocycles. The van der Waals surface area contributed by atoms with Gasteiger partial charge in [-0.15, -0.1) is 0 Å². The molecule has 3 aromatic carbocycles. The molecule has 0 atom stereocenters. The van der Waals surface area contributed by atoms with Crippen LogP contribution < -0.4 is 16.4 Å². The Morgan fingerprint density at radius 1 is 0.547 bits per heavy atom. The van der Waals surface area contributed by atoms with Crippen molar-refractivity contribution in [2.45, 2.75) is 221 Å². The van der Waals surface area contributed by atoms with Gasteiger partial charge < -0.3 is 43.2 Å². The van der Waals surface area contributed by atoms with Crippen molar-refractivity contribution in [1.29, 1.82) is 0 Å². The van der Waals surface area contributed by atoms with Gasteiger partial charge in [0, 0.05) is 43.9 Å². The first kappa shape index (κ1) is 72.4. The van der Waals surface area contributed by atoms with Crippen LogP contribution in [0.3, 0.4) is 0 Å². The summed E-state index contributed by atoms with van der Waals surface area (Å²) in [5.41, 5.74) is 1.79. The third-order valence-electron chi connectivity index (χ3n) is 17.3. The Morgan fingerprint density at radius 3 is 1.17 bits per heavy atom. The van der Waals surface area contributed by atoms with Crippen molar-refractivity contribution >= 4 is 131 Å². The number of aryl methyl sites for hydroxylation is 1. The number of amides is 2. The van der Waals surface area contributed by atoms with E-state index in [1.165, 1.54) is 12.8 Å². The molecular formula is C60H78B3Br4N5O14. The van der Waals surface area contributed by atoms with E-state index in [0.29, 0.717) is 23.6 Å². The molecule has 0 unspecified atom stereocenters. The molecule has 6 fully saturated rings. The topological polar surface area (TPSA) is 238 Å². The molecule has 19 nitrogen and oxygen atoms in total. The van der Waals surface area contributed by atoms with Crippen LogP contribution in [0.2, 0.25) is 0 Å². The van der Waals surface area contributed by atoms with E-state index in [0.717, 1.165) is 82.9 Å². The van der Waals surface area contributed by atoms with Crippen LogP contribution in [0.15, 0.2) is 64.8 Å². The minimum Gasteiger partial charge on any atom is -0.478 e. The predicted octanol–water partition coefficient (Wildman–Crippen LogP) is 13.1. The van der Waals surface area contributed by atoms with Gasteiger partial charge in [-0.1, -0.05) is 94.6 Å². The van der Waals surface area contributed by atoms with Gasteiger partial charge in [0.2, 0.25) is 11.8 Å². The molecule has 2 aliphatic carbocycles. The standard InChI is InChI=1S/C14H17BBr2O4.C14H18BBrO4.C14H19BO4.C14H20N4.C4H4BrNO2/c1-13(2)14(3,4)21-15(20-13)10-7-8(12(18)19)5-6-9(10)11(16)17;1-13(2)14(3,4)20-15(19-13)11-7-9(12(17)18)5-6-10(11)8-16;1-9-6-7-10(12(16)17)8-11(9)15-18-13(2,3)14(4,5)19-15;1-15-13(9-5-3-6-10-13)17-18-14(16-2)11-7-4-8-12-14;5-6-3(7)1-2-4(6)8/h5-7,11H,1-4H3,(H,18,19);5-7H,8H2,1-4H3,(H,17,18);6-8H,1-5H3,(H,16,17);3-12H2;1-2H2. The lowest BCUT2D eigenvalue weighted by molar-refractivity contribution is -0.131. The Balaban J connectivity index is 0.000000201. The van der Waals surface area contributed by atoms with Crippen LogP contribution in [0.25, 0.3) is 9.69 Å². The fourth-order valence-electron chi connectivity index (χ4n) is 9.56. The Hall–Kier alpha value is -4.34. The number of azo groups is 1. The van der Waals surface area contributed by atoms with Gasteiger partial charge in [-0.05, 0) is 180 Å². The molecule has 4 heterocycles. The number of alkyl halides is 3. The van der Waals surface area contributed by atoms with E-state index < -0.39 is 84.2 Å². The van der Waals surface area contributed by atoms with Gasteiger partial charge in [0.1, 0.15) is 0 Å². The second-order valence-corrected chi connectivity index (χ2v) is 29.4. The number of halogens is 4. The molecule has 464 valence electrons. The second-order valence-electron chi connectivity index (χ2n) is 25.0. The van der Waals surface area contributed by atoms with Crippen LogP contribution in [-0.4, -0.2) is 115 Å². The molecule has 4 saturated heterocycles. The molecule has 3 N–H and O–H groups in total. The fourth-order valence-corrected chi connectivity index (χ4v) is 11.3. The van der Waals surface area contributed by atoms with Gasteiger partial charge in [-0.25, -0.2) is 31.5 Å². The number of carbonyl (C=O) groups is 5. The van der Waals surface area contributed by atoms with E-state index >= 15 is 0 Å². The first-order chi connectivity index (χ1) is 39.8. The minimum absolute atomic E-state index is 0.109. The number of carboxylic acid groups (broad SMARTS) is 3. The quantitative estimate of drug-likeness (QED) is 0.0427. The van der Waals surface area contributed by atoms with E-state index in [9.17, 15) is 29.1 Å². The lowest BCUT2D eigenvalue weighted by atomic mass is 9.75. The van der Waals surface area contributed by atoms with Crippen molar-refractivity contribution in [2.75, 3.05) is 0 Å². The molecule has 2 amide bonds. The lowest BCUT2D eigenvalue weighted by Crippen LogP contribution is -2.41. The highest BCUT2D eigenvalue weighted by Crippen LogP contribution is 2.41. The highest BCUT2D eigenvalue weighted by Gasteiger charge is 2.55. The Labute approximate surface area is 541 Å². The van der Waals surface area contributed by atoms with Crippen molar-refractivity contribution in [2.24, 2.45) is 10.2 Å². The molecule has 6 aliphatic rings. The van der Waals surface area contributed by atoms with E-state index in [2.05, 4.69) is 83.9 Å². The lowest BCUT2D eigenvalue weighted by Gasteiger charge is -2.32. The van der Waals surface area contributed by atoms with E-state index in [1.54, 1.807) is 54.6 Å². The number of aromatic carboxylic acids is 3. The van der Waals surface area contributed by atoms with Crippen LogP contribution >= 0.6 is 63.9 Å². The SMILES string of the molecule is CC1(C)OB(c2cc(C(=O)O)ccc2C(Br)Br)OC1(C)C.CC1(C)OB(c2cc(C(=O)O)ccc2CBr)OC1(C)C.Cc1ccc(C(=O)O)cc1B1OC(C)(C)C(C)(C)O1.O=C1CCC(=O)N1Br.[C-]#[N+]C1(N=NC2([N+]#[C-])CCCCC2)CCCCC1. The van der Waals surface area contributed by atoms with Crippen molar-refractivity contribution in [3.63, 3.8) is 0 Å². The Kier molecular flexibility index (Phi) is 24.5. The summed E-state index contributed by atoms with van der Waals surface area (Å²) in [4.78, 5) is 61.7. The van der Waals surface area contributed by atoms with Crippen LogP contribution in [-0.2, 0) is 42.8 Å². The van der Waals surface area contributed by atoms with E-state index in [4.69, 9.17) is 51.3 Å². The summed E-state index contributed by atoms with van der Waals surface area (Å²) in [6, 6.07) is 14.9. The van der Waals surface area contributed by atoms with Crippen LogP contribution in [0.5, 0.6) is 0 Å². The van der Waals surface area contributed by atoms with E-state index in [1.807, 2.05) is 90.0 Å². The molecule has 86 heavy (non-hydrogen) atoms. The van der Waals surface area contributed by atoms with Gasteiger partial charge in [0.25, 0.3) is 0 Å². The summed E-state index contributed by atoms with van der Waals surface area (Å²) in [6.45, 7) is 40.3. The van der Waals surface area contributed by atoms with Crippen LogP contribution in [0.1, 0.15) is 212 Å². The van der Waals surface area contributed by atoms with Gasteiger partial charge in [0.15, 0.2) is 0 Å². The molecule has 0 bridgehead atoms. The number of hydrogen-bond donors (Lipinski definition) is 3. The van der Waals surface area contributed by atoms with Gasteiger partial charge >= 0.3 is 50.6 Å². The largest absolute Gasteiger partial charge is 0.495 e. The number of carbonyl (C=O) groups excluding carboxylic acids is 2. The van der Waals surface area contributed by atoms with Crippen LogP contribution in [0.4, 0.5) is 0 Å². The smallest absolute Gasteiger partial charge is 0.478 e. The maximum Gasteiger partial charge on any atom is 0.495 e.